The molecule has 0 radical (unpaired) electrons. The van der Waals surface area contributed by atoms with E-state index < -0.39 is 10.0 Å². The summed E-state index contributed by atoms with van der Waals surface area (Å²) in [7, 11) is -3.75. The normalized spacial score (nSPS) is 15.9. The Morgan fingerprint density at radius 1 is 1.18 bits per heavy atom. The van der Waals surface area contributed by atoms with Gasteiger partial charge in [0.05, 0.1) is 11.4 Å². The smallest absolute Gasteiger partial charge is 0.238 e. The molecule has 0 spiro atoms. The van der Waals surface area contributed by atoms with Gasteiger partial charge in [0.25, 0.3) is 0 Å². The Morgan fingerprint density at radius 3 is 2.57 bits per heavy atom. The van der Waals surface area contributed by atoms with E-state index in [1.165, 1.54) is 18.2 Å². The molecule has 0 aliphatic heterocycles. The highest BCUT2D eigenvalue weighted by atomic mass is 32.2. The lowest BCUT2D eigenvalue weighted by Gasteiger charge is -2.19. The van der Waals surface area contributed by atoms with Crippen LogP contribution in [0.5, 0.6) is 0 Å². The first-order valence-corrected chi connectivity index (χ1v) is 10.8. The number of primary sulfonamides is 1. The summed E-state index contributed by atoms with van der Waals surface area (Å²) in [4.78, 5) is 4.58. The highest BCUT2D eigenvalue weighted by molar-refractivity contribution is 7.89. The van der Waals surface area contributed by atoms with Gasteiger partial charge in [-0.1, -0.05) is 30.3 Å². The molecule has 8 heteroatoms. The summed E-state index contributed by atoms with van der Waals surface area (Å²) in [5, 5.41) is 11.6. The lowest BCUT2D eigenvalue weighted by atomic mass is 9.95. The van der Waals surface area contributed by atoms with E-state index in [2.05, 4.69) is 15.6 Å². The van der Waals surface area contributed by atoms with E-state index in [9.17, 15) is 12.8 Å². The van der Waals surface area contributed by atoms with Crippen LogP contribution in [0.3, 0.4) is 0 Å². The Balaban J connectivity index is 1.70. The Bertz CT molecular complexity index is 972. The van der Waals surface area contributed by atoms with Crippen LogP contribution in [0.25, 0.3) is 0 Å². The number of nitrogens with zero attached hydrogens (tertiary/aromatic N) is 1. The third kappa shape index (κ3) is 4.88. The van der Waals surface area contributed by atoms with E-state index in [0.29, 0.717) is 25.6 Å². The molecule has 28 heavy (non-hydrogen) atoms. The second kappa shape index (κ2) is 8.28. The fourth-order valence-electron chi connectivity index (χ4n) is 3.17. The highest BCUT2D eigenvalue weighted by Gasteiger charge is 2.45. The molecule has 0 heterocycles. The fourth-order valence-corrected chi connectivity index (χ4v) is 3.75. The summed E-state index contributed by atoms with van der Waals surface area (Å²) in [6.07, 6.45) is 1.85. The van der Waals surface area contributed by atoms with Gasteiger partial charge in [-0.3, -0.25) is 0 Å². The summed E-state index contributed by atoms with van der Waals surface area (Å²) in [6, 6.07) is 13.3. The van der Waals surface area contributed by atoms with Crippen molar-refractivity contribution in [1.29, 1.82) is 0 Å². The van der Waals surface area contributed by atoms with Gasteiger partial charge in [-0.25, -0.2) is 22.9 Å². The van der Waals surface area contributed by atoms with Gasteiger partial charge in [0, 0.05) is 18.5 Å². The van der Waals surface area contributed by atoms with E-state index in [1.54, 1.807) is 18.2 Å². The zero-order valence-corrected chi connectivity index (χ0v) is 16.6. The molecule has 0 saturated heterocycles. The van der Waals surface area contributed by atoms with Crippen LogP contribution in [0.2, 0.25) is 0 Å². The summed E-state index contributed by atoms with van der Waals surface area (Å²) in [5.41, 5.74) is 1.27. The first-order valence-electron chi connectivity index (χ1n) is 9.23. The van der Waals surface area contributed by atoms with Crippen LogP contribution in [0.1, 0.15) is 30.9 Å². The van der Waals surface area contributed by atoms with Crippen LogP contribution < -0.4 is 15.8 Å². The van der Waals surface area contributed by atoms with Crippen molar-refractivity contribution < 1.29 is 12.8 Å². The minimum Gasteiger partial charge on any atom is -0.357 e. The Morgan fingerprint density at radius 2 is 1.93 bits per heavy atom. The standard InChI is InChI=1S/C20H25FN4O2S/c1-2-23-19(24-13-15-6-5-7-16(12-15)28(22,26)27)25-14-20(10-11-20)17-8-3-4-9-18(17)21/h3-9,12H,2,10-11,13-14H2,1H3,(H2,22,26,27)(H2,23,24,25). The van der Waals surface area contributed by atoms with Crippen molar-refractivity contribution in [3.05, 3.63) is 65.5 Å². The second-order valence-corrected chi connectivity index (χ2v) is 8.56. The van der Waals surface area contributed by atoms with Crippen molar-refractivity contribution in [3.63, 3.8) is 0 Å². The average Bonchev–Trinajstić information content (AvgIpc) is 3.45. The molecule has 1 aliphatic rings. The maximum Gasteiger partial charge on any atom is 0.238 e. The summed E-state index contributed by atoms with van der Waals surface area (Å²) >= 11 is 0. The van der Waals surface area contributed by atoms with E-state index >= 15 is 0 Å². The van der Waals surface area contributed by atoms with E-state index in [-0.39, 0.29) is 16.1 Å². The highest BCUT2D eigenvalue weighted by Crippen LogP contribution is 2.48. The largest absolute Gasteiger partial charge is 0.357 e. The maximum atomic E-state index is 14.2. The topological polar surface area (TPSA) is 96.6 Å². The van der Waals surface area contributed by atoms with Gasteiger partial charge >= 0.3 is 0 Å². The van der Waals surface area contributed by atoms with Crippen LogP contribution in [-0.2, 0) is 22.0 Å². The van der Waals surface area contributed by atoms with Crippen LogP contribution >= 0.6 is 0 Å². The van der Waals surface area contributed by atoms with Gasteiger partial charge < -0.3 is 10.6 Å². The third-order valence-corrected chi connectivity index (χ3v) is 5.79. The zero-order valence-electron chi connectivity index (χ0n) is 15.8. The van der Waals surface area contributed by atoms with E-state index in [0.717, 1.165) is 24.0 Å². The number of aliphatic imine (C=N–C) groups is 1. The molecule has 150 valence electrons. The van der Waals surface area contributed by atoms with Crippen LogP contribution in [0, 0.1) is 5.82 Å². The molecule has 2 aromatic rings. The molecule has 0 bridgehead atoms. The average molecular weight is 405 g/mol. The SMILES string of the molecule is CCNC(=NCc1cccc(S(N)(=O)=O)c1)NCC1(c2ccccc2F)CC1. The molecule has 6 nitrogen and oxygen atoms in total. The first-order chi connectivity index (χ1) is 13.3. The Hall–Kier alpha value is -2.45. The number of sulfonamides is 1. The zero-order chi connectivity index (χ0) is 20.2. The monoisotopic (exact) mass is 404 g/mol. The lowest BCUT2D eigenvalue weighted by Crippen LogP contribution is -2.41. The van der Waals surface area contributed by atoms with E-state index in [1.807, 2.05) is 19.1 Å². The van der Waals surface area contributed by atoms with Gasteiger partial charge in [-0.15, -0.1) is 0 Å². The number of rotatable bonds is 7. The van der Waals surface area contributed by atoms with Gasteiger partial charge in [0.1, 0.15) is 5.82 Å². The first kappa shape index (κ1) is 20.3. The second-order valence-electron chi connectivity index (χ2n) is 7.00. The molecule has 0 atom stereocenters. The minimum absolute atomic E-state index is 0.0645. The van der Waals surface area contributed by atoms with Crippen molar-refractivity contribution in [2.24, 2.45) is 10.1 Å². The summed E-state index contributed by atoms with van der Waals surface area (Å²) in [6.45, 7) is 3.51. The van der Waals surface area contributed by atoms with Crippen LogP contribution in [0.4, 0.5) is 4.39 Å². The molecular formula is C20H25FN4O2S. The van der Waals surface area contributed by atoms with Gasteiger partial charge in [0.15, 0.2) is 5.96 Å². The summed E-state index contributed by atoms with van der Waals surface area (Å²) < 4.78 is 37.2. The van der Waals surface area contributed by atoms with Crippen LogP contribution in [0.15, 0.2) is 58.4 Å². The number of halogens is 1. The van der Waals surface area contributed by atoms with Crippen LogP contribution in [-0.4, -0.2) is 27.5 Å². The lowest BCUT2D eigenvalue weighted by molar-refractivity contribution is 0.559. The number of guanidine groups is 1. The quantitative estimate of drug-likeness (QED) is 0.487. The molecule has 1 saturated carbocycles. The molecule has 3 rings (SSSR count). The Kier molecular flexibility index (Phi) is 6.00. The number of hydrogen-bond donors (Lipinski definition) is 3. The van der Waals surface area contributed by atoms with E-state index in [4.69, 9.17) is 5.14 Å². The molecule has 0 unspecified atom stereocenters. The molecule has 1 aliphatic carbocycles. The van der Waals surface area contributed by atoms with Crippen molar-refractivity contribution >= 4 is 16.0 Å². The molecule has 1 fully saturated rings. The van der Waals surface area contributed by atoms with Crippen molar-refractivity contribution in [1.82, 2.24) is 10.6 Å². The minimum atomic E-state index is -3.75. The third-order valence-electron chi connectivity index (χ3n) is 4.88. The van der Waals surface area contributed by atoms with Crippen molar-refractivity contribution in [2.75, 3.05) is 13.1 Å². The predicted octanol–water partition coefficient (Wildman–Crippen LogP) is 2.26. The Labute approximate surface area is 165 Å². The maximum absolute atomic E-state index is 14.2. The fraction of sp³-hybridized carbons (Fsp3) is 0.350. The molecule has 2 aromatic carbocycles. The molecular weight excluding hydrogens is 379 g/mol. The molecule has 0 aromatic heterocycles. The van der Waals surface area contributed by atoms with Crippen molar-refractivity contribution in [2.45, 2.75) is 36.6 Å². The number of nitrogens with one attached hydrogen (secondary N) is 2. The molecule has 0 amide bonds. The van der Waals surface area contributed by atoms with Gasteiger partial charge in [0.2, 0.25) is 10.0 Å². The summed E-state index contributed by atoms with van der Waals surface area (Å²) in [5.74, 6) is 0.426. The number of hydrogen-bond acceptors (Lipinski definition) is 3. The number of benzene rings is 2. The van der Waals surface area contributed by atoms with Gasteiger partial charge in [-0.2, -0.15) is 0 Å². The van der Waals surface area contributed by atoms with Gasteiger partial charge in [-0.05, 0) is 49.1 Å². The van der Waals surface area contributed by atoms with Crippen molar-refractivity contribution in [3.8, 4) is 0 Å². The predicted molar refractivity (Wildman–Crippen MR) is 108 cm³/mol. The molecule has 4 N–H and O–H groups in total. The number of nitrogens with two attached hydrogens (primary N) is 1.